The lowest BCUT2D eigenvalue weighted by Crippen LogP contribution is -2.34. The van der Waals surface area contributed by atoms with Crippen LogP contribution in [0.3, 0.4) is 0 Å². The van der Waals surface area contributed by atoms with Crippen molar-refractivity contribution in [3.8, 4) is 5.75 Å². The van der Waals surface area contributed by atoms with Crippen LogP contribution in [0.5, 0.6) is 5.75 Å². The standard InChI is InChI=1S/C19H25N3O3/c1-13(2)10-18-20-17(21-25-18)12-22(3)19(23)15-8-9-24-16-7-5-4-6-14(16)11-15/h4-7,13,15H,8-12H2,1-3H3/t15-/m1/s1. The number of benzene rings is 1. The molecule has 0 aliphatic carbocycles. The van der Waals surface area contributed by atoms with Crippen molar-refractivity contribution in [3.05, 3.63) is 41.5 Å². The van der Waals surface area contributed by atoms with Gasteiger partial charge in [-0.25, -0.2) is 0 Å². The van der Waals surface area contributed by atoms with Crippen LogP contribution in [0.25, 0.3) is 0 Å². The Morgan fingerprint density at radius 3 is 2.96 bits per heavy atom. The van der Waals surface area contributed by atoms with E-state index in [0.29, 0.717) is 43.6 Å². The summed E-state index contributed by atoms with van der Waals surface area (Å²) in [4.78, 5) is 18.9. The van der Waals surface area contributed by atoms with Crippen molar-refractivity contribution in [3.63, 3.8) is 0 Å². The number of nitrogens with zero attached hydrogens (tertiary/aromatic N) is 3. The van der Waals surface area contributed by atoms with E-state index >= 15 is 0 Å². The molecule has 0 N–H and O–H groups in total. The third-order valence-corrected chi connectivity index (χ3v) is 4.36. The molecule has 1 aromatic heterocycles. The van der Waals surface area contributed by atoms with Gasteiger partial charge < -0.3 is 14.2 Å². The fourth-order valence-electron chi connectivity index (χ4n) is 3.09. The molecule has 6 heteroatoms. The van der Waals surface area contributed by atoms with E-state index in [4.69, 9.17) is 9.26 Å². The van der Waals surface area contributed by atoms with Crippen molar-refractivity contribution in [2.45, 2.75) is 39.7 Å². The molecule has 1 aromatic carbocycles. The van der Waals surface area contributed by atoms with Crippen molar-refractivity contribution in [2.24, 2.45) is 11.8 Å². The van der Waals surface area contributed by atoms with Crippen LogP contribution in [0.4, 0.5) is 0 Å². The van der Waals surface area contributed by atoms with Crippen molar-refractivity contribution in [1.82, 2.24) is 15.0 Å². The number of hydrogen-bond acceptors (Lipinski definition) is 5. The summed E-state index contributed by atoms with van der Waals surface area (Å²) in [7, 11) is 1.79. The number of carbonyl (C=O) groups excluding carboxylic acids is 1. The highest BCUT2D eigenvalue weighted by Gasteiger charge is 2.27. The molecule has 0 unspecified atom stereocenters. The normalized spacial score (nSPS) is 16.9. The summed E-state index contributed by atoms with van der Waals surface area (Å²) in [6.45, 7) is 5.12. The molecule has 2 aromatic rings. The maximum absolute atomic E-state index is 12.8. The first-order valence-corrected chi connectivity index (χ1v) is 8.80. The zero-order valence-electron chi connectivity index (χ0n) is 15.1. The van der Waals surface area contributed by atoms with E-state index in [9.17, 15) is 4.79 Å². The van der Waals surface area contributed by atoms with Crippen LogP contribution >= 0.6 is 0 Å². The van der Waals surface area contributed by atoms with Gasteiger partial charge in [0.05, 0.1) is 13.2 Å². The van der Waals surface area contributed by atoms with Gasteiger partial charge in [-0.2, -0.15) is 4.98 Å². The second-order valence-electron chi connectivity index (χ2n) is 7.04. The van der Waals surface area contributed by atoms with Crippen LogP contribution in [-0.2, 0) is 24.2 Å². The van der Waals surface area contributed by atoms with Crippen LogP contribution in [0.15, 0.2) is 28.8 Å². The molecular formula is C19H25N3O3. The molecule has 0 radical (unpaired) electrons. The summed E-state index contributed by atoms with van der Waals surface area (Å²) in [6, 6.07) is 7.92. The highest BCUT2D eigenvalue weighted by Crippen LogP contribution is 2.27. The van der Waals surface area contributed by atoms with Gasteiger partial charge in [0.15, 0.2) is 5.82 Å². The smallest absolute Gasteiger partial charge is 0.226 e. The van der Waals surface area contributed by atoms with E-state index in [2.05, 4.69) is 24.0 Å². The van der Waals surface area contributed by atoms with Gasteiger partial charge in [0.2, 0.25) is 11.8 Å². The minimum atomic E-state index is -0.0873. The van der Waals surface area contributed by atoms with Gasteiger partial charge in [-0.3, -0.25) is 4.79 Å². The maximum atomic E-state index is 12.8. The number of rotatable bonds is 5. The number of carbonyl (C=O) groups is 1. The molecule has 1 aliphatic heterocycles. The van der Waals surface area contributed by atoms with Crippen LogP contribution in [0.1, 0.15) is 37.5 Å². The van der Waals surface area contributed by atoms with Crippen LogP contribution in [0.2, 0.25) is 0 Å². The minimum Gasteiger partial charge on any atom is -0.493 e. The lowest BCUT2D eigenvalue weighted by molar-refractivity contribution is -0.135. The Hall–Kier alpha value is -2.37. The molecule has 1 aliphatic rings. The highest BCUT2D eigenvalue weighted by atomic mass is 16.5. The first kappa shape index (κ1) is 17.5. The van der Waals surface area contributed by atoms with Gasteiger partial charge >= 0.3 is 0 Å². The number of amides is 1. The largest absolute Gasteiger partial charge is 0.493 e. The van der Waals surface area contributed by atoms with Gasteiger partial charge in [-0.05, 0) is 30.4 Å². The predicted molar refractivity (Wildman–Crippen MR) is 93.1 cm³/mol. The van der Waals surface area contributed by atoms with E-state index in [1.165, 1.54) is 0 Å². The zero-order valence-corrected chi connectivity index (χ0v) is 15.1. The summed E-state index contributed by atoms with van der Waals surface area (Å²) in [6.07, 6.45) is 2.16. The van der Waals surface area contributed by atoms with E-state index < -0.39 is 0 Å². The van der Waals surface area contributed by atoms with Crippen molar-refractivity contribution in [2.75, 3.05) is 13.7 Å². The Kier molecular flexibility index (Phi) is 5.36. The van der Waals surface area contributed by atoms with Gasteiger partial charge in [0.25, 0.3) is 0 Å². The van der Waals surface area contributed by atoms with Crippen LogP contribution in [-0.4, -0.2) is 34.6 Å². The zero-order chi connectivity index (χ0) is 17.8. The fourth-order valence-corrected chi connectivity index (χ4v) is 3.09. The second kappa shape index (κ2) is 7.68. The van der Waals surface area contributed by atoms with Crippen LogP contribution in [0, 0.1) is 11.8 Å². The molecule has 25 heavy (non-hydrogen) atoms. The number of aromatic nitrogens is 2. The Morgan fingerprint density at radius 2 is 2.16 bits per heavy atom. The molecule has 1 atom stereocenters. The molecule has 6 nitrogen and oxygen atoms in total. The fraction of sp³-hybridized carbons (Fsp3) is 0.526. The molecule has 0 fully saturated rings. The highest BCUT2D eigenvalue weighted by molar-refractivity contribution is 5.79. The molecule has 0 spiro atoms. The number of ether oxygens (including phenoxy) is 1. The summed E-state index contributed by atoms with van der Waals surface area (Å²) in [5.74, 6) is 2.53. The monoisotopic (exact) mass is 343 g/mol. The Labute approximate surface area is 148 Å². The summed E-state index contributed by atoms with van der Waals surface area (Å²) >= 11 is 0. The summed E-state index contributed by atoms with van der Waals surface area (Å²) in [5.41, 5.74) is 1.09. The maximum Gasteiger partial charge on any atom is 0.226 e. The summed E-state index contributed by atoms with van der Waals surface area (Å²) < 4.78 is 11.0. The number of hydrogen-bond donors (Lipinski definition) is 0. The SMILES string of the molecule is CC(C)Cc1nc(CN(C)C(=O)[C@@H]2CCOc3ccccc3C2)no1. The van der Waals surface area contributed by atoms with E-state index in [-0.39, 0.29) is 11.8 Å². The Morgan fingerprint density at radius 1 is 1.36 bits per heavy atom. The molecular weight excluding hydrogens is 318 g/mol. The van der Waals surface area contributed by atoms with Gasteiger partial charge in [-0.1, -0.05) is 37.2 Å². The molecule has 134 valence electrons. The van der Waals surface area contributed by atoms with Crippen molar-refractivity contribution < 1.29 is 14.1 Å². The first-order valence-electron chi connectivity index (χ1n) is 8.80. The average Bonchev–Trinajstić information content (AvgIpc) is 2.89. The number of fused-ring (bicyclic) bond motifs is 1. The first-order chi connectivity index (χ1) is 12.0. The van der Waals surface area contributed by atoms with Gasteiger partial charge in [-0.15, -0.1) is 0 Å². The molecule has 0 bridgehead atoms. The Bertz CT molecular complexity index is 726. The van der Waals surface area contributed by atoms with Gasteiger partial charge in [0, 0.05) is 19.4 Å². The van der Waals surface area contributed by atoms with E-state index in [0.717, 1.165) is 17.7 Å². The lowest BCUT2D eigenvalue weighted by atomic mass is 9.95. The predicted octanol–water partition coefficient (Wildman–Crippen LogP) is 2.87. The molecule has 0 saturated carbocycles. The van der Waals surface area contributed by atoms with Crippen LogP contribution < -0.4 is 4.74 Å². The third-order valence-electron chi connectivity index (χ3n) is 4.36. The molecule has 1 amide bonds. The Balaban J connectivity index is 1.63. The van der Waals surface area contributed by atoms with E-state index in [1.807, 2.05) is 24.3 Å². The minimum absolute atomic E-state index is 0.0873. The average molecular weight is 343 g/mol. The molecule has 3 rings (SSSR count). The van der Waals surface area contributed by atoms with Crippen molar-refractivity contribution >= 4 is 5.91 Å². The molecule has 0 saturated heterocycles. The van der Waals surface area contributed by atoms with Gasteiger partial charge in [0.1, 0.15) is 5.75 Å². The molecule has 2 heterocycles. The topological polar surface area (TPSA) is 68.5 Å². The summed E-state index contributed by atoms with van der Waals surface area (Å²) in [5, 5.41) is 3.99. The van der Waals surface area contributed by atoms with Crippen molar-refractivity contribution in [1.29, 1.82) is 0 Å². The van der Waals surface area contributed by atoms with E-state index in [1.54, 1.807) is 11.9 Å². The quantitative estimate of drug-likeness (QED) is 0.835. The second-order valence-corrected chi connectivity index (χ2v) is 7.04. The lowest BCUT2D eigenvalue weighted by Gasteiger charge is -2.21. The third kappa shape index (κ3) is 4.38. The number of para-hydroxylation sites is 1.